The van der Waals surface area contributed by atoms with E-state index in [1.54, 1.807) is 42.5 Å². The van der Waals surface area contributed by atoms with Gasteiger partial charge in [0.05, 0.1) is 16.5 Å². The van der Waals surface area contributed by atoms with Crippen LogP contribution in [0, 0.1) is 0 Å². The Labute approximate surface area is 247 Å². The minimum atomic E-state index is -0.568. The van der Waals surface area contributed by atoms with Crippen LogP contribution in [0.1, 0.15) is 11.1 Å². The first-order chi connectivity index (χ1) is 19.3. The van der Waals surface area contributed by atoms with E-state index < -0.39 is 23.6 Å². The van der Waals surface area contributed by atoms with Crippen molar-refractivity contribution in [2.75, 3.05) is 32.2 Å². The second-order valence-electron chi connectivity index (χ2n) is 8.59. The summed E-state index contributed by atoms with van der Waals surface area (Å²) < 4.78 is 23.1. The maximum Gasteiger partial charge on any atom is 0.294 e. The molecule has 0 aromatic heterocycles. The molecule has 0 saturated carbocycles. The van der Waals surface area contributed by atoms with Crippen LogP contribution in [-0.2, 0) is 16.2 Å². The lowest BCUT2D eigenvalue weighted by atomic mass is 10.1. The van der Waals surface area contributed by atoms with Gasteiger partial charge < -0.3 is 24.3 Å². The molecule has 1 N–H and O–H groups in total. The number of anilines is 1. The third-order valence-corrected chi connectivity index (χ3v) is 7.75. The molecule has 1 fully saturated rings. The van der Waals surface area contributed by atoms with Crippen molar-refractivity contribution in [2.45, 2.75) is 6.61 Å². The van der Waals surface area contributed by atoms with Crippen LogP contribution in [0.2, 0.25) is 5.02 Å². The molecule has 12 heteroatoms. The van der Waals surface area contributed by atoms with E-state index in [0.29, 0.717) is 57.0 Å². The topological polar surface area (TPSA) is 103 Å². The summed E-state index contributed by atoms with van der Waals surface area (Å²) in [7, 11) is 1.50. The van der Waals surface area contributed by atoms with Gasteiger partial charge in [0.15, 0.2) is 23.0 Å². The largest absolute Gasteiger partial charge is 0.493 e. The number of carbonyl (C=O) groups is 3. The summed E-state index contributed by atoms with van der Waals surface area (Å²) in [5.41, 5.74) is 1.87. The molecule has 0 aliphatic carbocycles. The smallest absolute Gasteiger partial charge is 0.294 e. The van der Waals surface area contributed by atoms with Gasteiger partial charge in [-0.05, 0) is 69.7 Å². The van der Waals surface area contributed by atoms with Crippen LogP contribution in [0.3, 0.4) is 0 Å². The van der Waals surface area contributed by atoms with Gasteiger partial charge in [0.2, 0.25) is 5.91 Å². The van der Waals surface area contributed by atoms with Crippen LogP contribution in [0.5, 0.6) is 23.0 Å². The molecule has 206 valence electrons. The van der Waals surface area contributed by atoms with Gasteiger partial charge in [-0.2, -0.15) is 0 Å². The van der Waals surface area contributed by atoms with Crippen LogP contribution in [0.4, 0.5) is 10.5 Å². The molecule has 0 atom stereocenters. The molecule has 2 aliphatic rings. The number of halogens is 2. The van der Waals surface area contributed by atoms with E-state index in [1.807, 2.05) is 18.2 Å². The summed E-state index contributed by atoms with van der Waals surface area (Å²) in [5.74, 6) is 0.893. The molecule has 9 nitrogen and oxygen atoms in total. The van der Waals surface area contributed by atoms with Gasteiger partial charge in [0.1, 0.15) is 26.4 Å². The monoisotopic (exact) mass is 644 g/mol. The Morgan fingerprint density at radius 2 is 1.90 bits per heavy atom. The highest BCUT2D eigenvalue weighted by atomic mass is 79.9. The fraction of sp³-hybridized carbons (Fsp3) is 0.179. The van der Waals surface area contributed by atoms with Crippen molar-refractivity contribution in [3.05, 3.63) is 80.1 Å². The molecule has 3 aromatic rings. The Hall–Kier alpha value is -3.67. The molecule has 0 radical (unpaired) electrons. The first-order valence-corrected chi connectivity index (χ1v) is 14.0. The lowest BCUT2D eigenvalue weighted by Crippen LogP contribution is -2.36. The number of methoxy groups -OCH3 is 1. The van der Waals surface area contributed by atoms with E-state index >= 15 is 0 Å². The Morgan fingerprint density at radius 1 is 1.12 bits per heavy atom. The number of nitrogens with zero attached hydrogens (tertiary/aromatic N) is 1. The van der Waals surface area contributed by atoms with Crippen molar-refractivity contribution < 1.29 is 33.3 Å². The molecule has 1 saturated heterocycles. The number of nitrogens with one attached hydrogen (secondary N) is 1. The van der Waals surface area contributed by atoms with Crippen molar-refractivity contribution in [1.82, 2.24) is 4.90 Å². The van der Waals surface area contributed by atoms with E-state index in [1.165, 1.54) is 7.11 Å². The van der Waals surface area contributed by atoms with E-state index in [2.05, 4.69) is 21.2 Å². The molecule has 2 aliphatic heterocycles. The normalized spacial score (nSPS) is 15.4. The van der Waals surface area contributed by atoms with E-state index in [0.717, 1.165) is 22.2 Å². The summed E-state index contributed by atoms with van der Waals surface area (Å²) in [4.78, 5) is 39.3. The highest BCUT2D eigenvalue weighted by Gasteiger charge is 2.36. The number of benzene rings is 3. The predicted octanol–water partition coefficient (Wildman–Crippen LogP) is 6.14. The van der Waals surface area contributed by atoms with E-state index in [4.69, 9.17) is 30.5 Å². The summed E-state index contributed by atoms with van der Waals surface area (Å²) in [5, 5.41) is 2.73. The van der Waals surface area contributed by atoms with Crippen molar-refractivity contribution in [1.29, 1.82) is 0 Å². The number of thioether (sulfide) groups is 1. The zero-order valence-corrected chi connectivity index (χ0v) is 24.2. The molecule has 2 heterocycles. The quantitative estimate of drug-likeness (QED) is 0.292. The van der Waals surface area contributed by atoms with Gasteiger partial charge in [0.25, 0.3) is 11.1 Å². The van der Waals surface area contributed by atoms with Crippen molar-refractivity contribution >= 4 is 68.1 Å². The number of imide groups is 1. The molecular formula is C28H22BrClN2O7S. The van der Waals surface area contributed by atoms with Gasteiger partial charge in [-0.3, -0.25) is 19.3 Å². The third-order valence-electron chi connectivity index (χ3n) is 5.88. The molecular weight excluding hydrogens is 624 g/mol. The molecule has 0 bridgehead atoms. The lowest BCUT2D eigenvalue weighted by molar-refractivity contribution is -0.127. The van der Waals surface area contributed by atoms with E-state index in [-0.39, 0.29) is 11.5 Å². The fourth-order valence-electron chi connectivity index (χ4n) is 3.98. The van der Waals surface area contributed by atoms with Crippen molar-refractivity contribution in [3.8, 4) is 23.0 Å². The summed E-state index contributed by atoms with van der Waals surface area (Å²) >= 11 is 10.5. The molecule has 40 heavy (non-hydrogen) atoms. The Bertz CT molecular complexity index is 1530. The Kier molecular flexibility index (Phi) is 8.53. The summed E-state index contributed by atoms with van der Waals surface area (Å²) in [6.07, 6.45) is 1.56. The minimum Gasteiger partial charge on any atom is -0.493 e. The van der Waals surface area contributed by atoms with Crippen LogP contribution in [-0.4, -0.2) is 48.8 Å². The fourth-order valence-corrected chi connectivity index (χ4v) is 5.58. The van der Waals surface area contributed by atoms with Gasteiger partial charge in [-0.25, -0.2) is 0 Å². The molecule has 5 rings (SSSR count). The second kappa shape index (κ2) is 12.2. The number of ether oxygens (including phenoxy) is 4. The number of fused-ring (bicyclic) bond motifs is 1. The number of hydrogen-bond acceptors (Lipinski definition) is 8. The van der Waals surface area contributed by atoms with Crippen LogP contribution < -0.4 is 24.3 Å². The highest BCUT2D eigenvalue weighted by molar-refractivity contribution is 9.10. The average Bonchev–Trinajstić information content (AvgIpc) is 3.20. The number of carbonyl (C=O) groups excluding carboxylic acids is 3. The molecule has 3 aromatic carbocycles. The molecule has 3 amide bonds. The maximum absolute atomic E-state index is 13.0. The lowest BCUT2D eigenvalue weighted by Gasteiger charge is -2.19. The number of hydrogen-bond donors (Lipinski definition) is 1. The minimum absolute atomic E-state index is 0.177. The van der Waals surface area contributed by atoms with Gasteiger partial charge in [-0.15, -0.1) is 0 Å². The van der Waals surface area contributed by atoms with E-state index in [9.17, 15) is 14.4 Å². The first-order valence-electron chi connectivity index (χ1n) is 12.0. The third kappa shape index (κ3) is 6.22. The molecule has 0 spiro atoms. The van der Waals surface area contributed by atoms with Crippen molar-refractivity contribution in [3.63, 3.8) is 0 Å². The van der Waals surface area contributed by atoms with Gasteiger partial charge in [-0.1, -0.05) is 29.8 Å². The molecule has 0 unspecified atom stereocenters. The SMILES string of the molecule is COc1cc(/C=C2/SC(=O)N(CC(=O)Nc3ccc4c(c3)OCCO4)C2=O)cc(Br)c1OCc1ccccc1Cl. The van der Waals surface area contributed by atoms with Gasteiger partial charge >= 0.3 is 0 Å². The van der Waals surface area contributed by atoms with Crippen LogP contribution in [0.25, 0.3) is 6.08 Å². The first kappa shape index (κ1) is 27.9. The zero-order chi connectivity index (χ0) is 28.2. The summed E-state index contributed by atoms with van der Waals surface area (Å²) in [6, 6.07) is 15.8. The van der Waals surface area contributed by atoms with Crippen LogP contribution in [0.15, 0.2) is 64.0 Å². The van der Waals surface area contributed by atoms with Gasteiger partial charge in [0, 0.05) is 22.3 Å². The predicted molar refractivity (Wildman–Crippen MR) is 155 cm³/mol. The maximum atomic E-state index is 13.0. The Morgan fingerprint density at radius 3 is 2.67 bits per heavy atom. The standard InChI is InChI=1S/C28H22BrClN2O7S/c1-36-23-11-16(10-19(29)26(23)39-15-17-4-2-3-5-20(17)30)12-24-27(34)32(28(35)40-24)14-25(33)31-18-6-7-21-22(13-18)38-9-8-37-21/h2-7,10-13H,8-9,14-15H2,1H3,(H,31,33)/b24-12+. The average molecular weight is 646 g/mol. The van der Waals surface area contributed by atoms with Crippen molar-refractivity contribution in [2.24, 2.45) is 0 Å². The highest BCUT2D eigenvalue weighted by Crippen LogP contribution is 2.40. The van der Waals surface area contributed by atoms with Crippen LogP contribution >= 0.6 is 39.3 Å². The zero-order valence-electron chi connectivity index (χ0n) is 21.1. The Balaban J connectivity index is 1.26. The number of rotatable bonds is 8. The second-order valence-corrected chi connectivity index (χ2v) is 10.8. The summed E-state index contributed by atoms with van der Waals surface area (Å²) in [6.45, 7) is 0.657. The number of amides is 3.